The van der Waals surface area contributed by atoms with Crippen LogP contribution in [0.4, 0.5) is 28.7 Å². The van der Waals surface area contributed by atoms with Crippen molar-refractivity contribution in [3.8, 4) is 0 Å². The zero-order valence-electron chi connectivity index (χ0n) is 21.5. The van der Waals surface area contributed by atoms with Gasteiger partial charge in [-0.05, 0) is 68.3 Å². The first-order valence-corrected chi connectivity index (χ1v) is 12.6. The first-order valence-electron chi connectivity index (χ1n) is 12.6. The van der Waals surface area contributed by atoms with Gasteiger partial charge in [0.2, 0.25) is 11.8 Å². The molecule has 2 aromatic carbocycles. The molecule has 192 valence electrons. The number of morpholine rings is 1. The molecule has 0 spiro atoms. The smallest absolute Gasteiger partial charge is 0.229 e. The van der Waals surface area contributed by atoms with Crippen LogP contribution in [0.15, 0.2) is 48.5 Å². The van der Waals surface area contributed by atoms with Gasteiger partial charge >= 0.3 is 0 Å². The van der Waals surface area contributed by atoms with Gasteiger partial charge in [-0.25, -0.2) is 9.97 Å². The molecule has 3 aromatic rings. The Bertz CT molecular complexity index is 1300. The average Bonchev–Trinajstić information content (AvgIpc) is 3.29. The van der Waals surface area contributed by atoms with Gasteiger partial charge < -0.3 is 25.2 Å². The standard InChI is InChI=1S/C28H32N6O3/c1-18-4-9-24(14-19(18)2)34-17-21(15-27(34)35)28(36)32-23-7-5-22(6-8-23)31-25-16-26(30-20(3)29-25)33-10-12-37-13-11-33/h4-9,14,16,21H,10-13,15,17H2,1-3H3,(H,32,36)(H,29,30,31). The molecule has 0 radical (unpaired) electrons. The molecule has 0 aliphatic carbocycles. The molecule has 2 amide bonds. The third-order valence-electron chi connectivity index (χ3n) is 6.88. The Morgan fingerprint density at radius 3 is 2.41 bits per heavy atom. The lowest BCUT2D eigenvalue weighted by atomic mass is 10.1. The van der Waals surface area contributed by atoms with Crippen LogP contribution in [0.3, 0.4) is 0 Å². The van der Waals surface area contributed by atoms with Crippen molar-refractivity contribution in [1.82, 2.24) is 9.97 Å². The zero-order chi connectivity index (χ0) is 25.9. The van der Waals surface area contributed by atoms with E-state index in [0.29, 0.717) is 37.1 Å². The molecule has 0 bridgehead atoms. The summed E-state index contributed by atoms with van der Waals surface area (Å²) < 4.78 is 5.44. The molecular formula is C28H32N6O3. The summed E-state index contributed by atoms with van der Waals surface area (Å²) in [7, 11) is 0. The summed E-state index contributed by atoms with van der Waals surface area (Å²) in [5.74, 6) is 1.71. The van der Waals surface area contributed by atoms with Crippen LogP contribution in [0.2, 0.25) is 0 Å². The zero-order valence-corrected chi connectivity index (χ0v) is 21.5. The number of anilines is 5. The molecule has 9 nitrogen and oxygen atoms in total. The quantitative estimate of drug-likeness (QED) is 0.528. The molecular weight excluding hydrogens is 468 g/mol. The van der Waals surface area contributed by atoms with Crippen LogP contribution in [0.5, 0.6) is 0 Å². The molecule has 37 heavy (non-hydrogen) atoms. The number of hydrogen-bond acceptors (Lipinski definition) is 7. The average molecular weight is 501 g/mol. The van der Waals surface area contributed by atoms with Crippen LogP contribution < -0.4 is 20.4 Å². The van der Waals surface area contributed by atoms with Crippen LogP contribution in [0, 0.1) is 26.7 Å². The molecule has 1 atom stereocenters. The van der Waals surface area contributed by atoms with Gasteiger partial charge in [-0.3, -0.25) is 9.59 Å². The van der Waals surface area contributed by atoms with E-state index >= 15 is 0 Å². The first kappa shape index (κ1) is 24.7. The van der Waals surface area contributed by atoms with Crippen molar-refractivity contribution in [1.29, 1.82) is 0 Å². The molecule has 2 aliphatic rings. The van der Waals surface area contributed by atoms with Crippen LogP contribution in [-0.4, -0.2) is 54.6 Å². The monoisotopic (exact) mass is 500 g/mol. The molecule has 3 heterocycles. The largest absolute Gasteiger partial charge is 0.378 e. The lowest BCUT2D eigenvalue weighted by Gasteiger charge is -2.28. The number of ether oxygens (including phenoxy) is 1. The van der Waals surface area contributed by atoms with E-state index in [1.54, 1.807) is 4.90 Å². The summed E-state index contributed by atoms with van der Waals surface area (Å²) >= 11 is 0. The Balaban J connectivity index is 1.20. The van der Waals surface area contributed by atoms with Crippen LogP contribution in [-0.2, 0) is 14.3 Å². The van der Waals surface area contributed by atoms with Crippen molar-refractivity contribution < 1.29 is 14.3 Å². The minimum Gasteiger partial charge on any atom is -0.378 e. The Labute approximate surface area is 216 Å². The van der Waals surface area contributed by atoms with Crippen molar-refractivity contribution in [2.24, 2.45) is 5.92 Å². The maximum atomic E-state index is 12.9. The fourth-order valence-electron chi connectivity index (χ4n) is 4.63. The molecule has 2 fully saturated rings. The van der Waals surface area contributed by atoms with E-state index in [1.165, 1.54) is 5.56 Å². The Hall–Kier alpha value is -3.98. The van der Waals surface area contributed by atoms with Gasteiger partial charge in [-0.15, -0.1) is 0 Å². The van der Waals surface area contributed by atoms with Gasteiger partial charge in [0, 0.05) is 49.2 Å². The van der Waals surface area contributed by atoms with E-state index in [4.69, 9.17) is 4.74 Å². The highest BCUT2D eigenvalue weighted by Gasteiger charge is 2.35. The molecule has 2 N–H and O–H groups in total. The second-order valence-electron chi connectivity index (χ2n) is 9.62. The number of carbonyl (C=O) groups excluding carboxylic acids is 2. The highest BCUT2D eigenvalue weighted by atomic mass is 16.5. The minimum atomic E-state index is -0.394. The maximum Gasteiger partial charge on any atom is 0.229 e. The molecule has 2 aliphatic heterocycles. The van der Waals surface area contributed by atoms with Crippen LogP contribution >= 0.6 is 0 Å². The number of hydrogen-bond donors (Lipinski definition) is 2. The van der Waals surface area contributed by atoms with E-state index in [1.807, 2.05) is 69.3 Å². The van der Waals surface area contributed by atoms with Gasteiger partial charge in [0.15, 0.2) is 0 Å². The summed E-state index contributed by atoms with van der Waals surface area (Å²) in [4.78, 5) is 38.5. The molecule has 5 rings (SSSR count). The van der Waals surface area contributed by atoms with E-state index in [2.05, 4.69) is 25.5 Å². The SMILES string of the molecule is Cc1nc(Nc2ccc(NC(=O)C3CC(=O)N(c4ccc(C)c(C)c4)C3)cc2)cc(N2CCOCC2)n1. The fourth-order valence-corrected chi connectivity index (χ4v) is 4.63. The van der Waals surface area contributed by atoms with Crippen molar-refractivity contribution in [2.75, 3.05) is 53.3 Å². The van der Waals surface area contributed by atoms with E-state index in [-0.39, 0.29) is 18.2 Å². The van der Waals surface area contributed by atoms with Crippen LogP contribution in [0.25, 0.3) is 0 Å². The normalized spacial score (nSPS) is 17.7. The molecule has 1 unspecified atom stereocenters. The number of amides is 2. The minimum absolute atomic E-state index is 0.0282. The number of aromatic nitrogens is 2. The van der Waals surface area contributed by atoms with Crippen molar-refractivity contribution >= 4 is 40.5 Å². The summed E-state index contributed by atoms with van der Waals surface area (Å²) in [5, 5.41) is 6.28. The topological polar surface area (TPSA) is 99.7 Å². The van der Waals surface area contributed by atoms with E-state index in [0.717, 1.165) is 35.8 Å². The summed E-state index contributed by atoms with van der Waals surface area (Å²) in [5.41, 5.74) is 4.67. The third kappa shape index (κ3) is 5.72. The van der Waals surface area contributed by atoms with Gasteiger partial charge in [-0.1, -0.05) is 6.07 Å². The molecule has 9 heteroatoms. The van der Waals surface area contributed by atoms with Gasteiger partial charge in [0.25, 0.3) is 0 Å². The number of nitrogens with one attached hydrogen (secondary N) is 2. The number of carbonyl (C=O) groups is 2. The van der Waals surface area contributed by atoms with Crippen LogP contribution in [0.1, 0.15) is 23.4 Å². The lowest BCUT2D eigenvalue weighted by Crippen LogP contribution is -2.36. The first-order chi connectivity index (χ1) is 17.9. The van der Waals surface area contributed by atoms with Crippen molar-refractivity contribution in [3.63, 3.8) is 0 Å². The Kier molecular flexibility index (Phi) is 7.05. The predicted octanol–water partition coefficient (Wildman–Crippen LogP) is 3.97. The maximum absolute atomic E-state index is 12.9. The number of aryl methyl sites for hydroxylation is 3. The Morgan fingerprint density at radius 1 is 0.946 bits per heavy atom. The van der Waals surface area contributed by atoms with Gasteiger partial charge in [0.05, 0.1) is 19.1 Å². The number of nitrogens with zero attached hydrogens (tertiary/aromatic N) is 4. The number of benzene rings is 2. The lowest BCUT2D eigenvalue weighted by molar-refractivity contribution is -0.122. The summed E-state index contributed by atoms with van der Waals surface area (Å²) in [6, 6.07) is 15.4. The Morgan fingerprint density at radius 2 is 1.68 bits per heavy atom. The van der Waals surface area contributed by atoms with Gasteiger partial charge in [-0.2, -0.15) is 0 Å². The van der Waals surface area contributed by atoms with E-state index in [9.17, 15) is 9.59 Å². The molecule has 2 saturated heterocycles. The van der Waals surface area contributed by atoms with Crippen molar-refractivity contribution in [2.45, 2.75) is 27.2 Å². The summed E-state index contributed by atoms with van der Waals surface area (Å²) in [6.45, 7) is 9.32. The van der Waals surface area contributed by atoms with Gasteiger partial charge in [0.1, 0.15) is 17.5 Å². The second kappa shape index (κ2) is 10.6. The summed E-state index contributed by atoms with van der Waals surface area (Å²) in [6.07, 6.45) is 0.205. The highest BCUT2D eigenvalue weighted by molar-refractivity contribution is 6.03. The second-order valence-corrected chi connectivity index (χ2v) is 9.62. The fraction of sp³-hybridized carbons (Fsp3) is 0.357. The van der Waals surface area contributed by atoms with E-state index < -0.39 is 5.92 Å². The highest BCUT2D eigenvalue weighted by Crippen LogP contribution is 2.28. The van der Waals surface area contributed by atoms with Crippen molar-refractivity contribution in [3.05, 3.63) is 65.5 Å². The molecule has 0 saturated carbocycles. The molecule has 1 aromatic heterocycles. The predicted molar refractivity (Wildman–Crippen MR) is 145 cm³/mol. The number of rotatable bonds is 6. The third-order valence-corrected chi connectivity index (χ3v) is 6.88.